The average Bonchev–Trinajstić information content (AvgIpc) is 3.11. The van der Waals surface area contributed by atoms with Crippen LogP contribution in [0.4, 0.5) is 5.82 Å². The van der Waals surface area contributed by atoms with Gasteiger partial charge in [-0.05, 0) is 62.3 Å². The van der Waals surface area contributed by atoms with E-state index in [-0.39, 0.29) is 0 Å². The highest BCUT2D eigenvalue weighted by Crippen LogP contribution is 2.29. The predicted octanol–water partition coefficient (Wildman–Crippen LogP) is 6.22. The molecule has 0 aliphatic heterocycles. The summed E-state index contributed by atoms with van der Waals surface area (Å²) in [4.78, 5) is 0. The van der Waals surface area contributed by atoms with Crippen molar-refractivity contribution in [3.05, 3.63) is 68.8 Å². The smallest absolute Gasteiger partial charge is 0.173 e. The summed E-state index contributed by atoms with van der Waals surface area (Å²) in [6.45, 7) is 6.07. The fourth-order valence-electron chi connectivity index (χ4n) is 3.13. The van der Waals surface area contributed by atoms with Gasteiger partial charge in [-0.3, -0.25) is 4.68 Å². The van der Waals surface area contributed by atoms with Crippen LogP contribution in [-0.4, -0.2) is 34.7 Å². The number of benzene rings is 2. The van der Waals surface area contributed by atoms with Crippen LogP contribution < -0.4 is 20.1 Å². The van der Waals surface area contributed by atoms with Gasteiger partial charge >= 0.3 is 0 Å². The van der Waals surface area contributed by atoms with Gasteiger partial charge in [0.2, 0.25) is 0 Å². The molecular formula is C23H25Cl3N4O2S. The van der Waals surface area contributed by atoms with E-state index in [0.29, 0.717) is 52.3 Å². The van der Waals surface area contributed by atoms with E-state index < -0.39 is 0 Å². The second-order valence-electron chi connectivity index (χ2n) is 7.00. The van der Waals surface area contributed by atoms with E-state index in [1.807, 2.05) is 32.0 Å². The molecule has 10 heteroatoms. The molecule has 3 aromatic rings. The van der Waals surface area contributed by atoms with Gasteiger partial charge in [0.05, 0.1) is 19.8 Å². The van der Waals surface area contributed by atoms with Crippen LogP contribution in [0.15, 0.2) is 42.6 Å². The van der Waals surface area contributed by atoms with Crippen molar-refractivity contribution in [3.63, 3.8) is 0 Å². The number of thiocarbonyl (C=S) groups is 1. The topological polar surface area (TPSA) is 60.3 Å². The summed E-state index contributed by atoms with van der Waals surface area (Å²) < 4.78 is 13.0. The second-order valence-corrected chi connectivity index (χ2v) is 8.63. The van der Waals surface area contributed by atoms with Gasteiger partial charge in [0, 0.05) is 28.4 Å². The minimum Gasteiger partial charge on any atom is -0.490 e. The molecule has 3 rings (SSSR count). The zero-order valence-corrected chi connectivity index (χ0v) is 21.4. The van der Waals surface area contributed by atoms with Gasteiger partial charge in [0.25, 0.3) is 0 Å². The number of rotatable bonds is 10. The molecule has 1 heterocycles. The van der Waals surface area contributed by atoms with Crippen molar-refractivity contribution in [1.29, 1.82) is 0 Å². The maximum atomic E-state index is 6.33. The van der Waals surface area contributed by atoms with E-state index >= 15 is 0 Å². The number of nitrogens with one attached hydrogen (secondary N) is 2. The maximum Gasteiger partial charge on any atom is 0.173 e. The normalized spacial score (nSPS) is 10.7. The molecule has 0 fully saturated rings. The third-order valence-corrected chi connectivity index (χ3v) is 5.87. The lowest BCUT2D eigenvalue weighted by Crippen LogP contribution is -2.30. The lowest BCUT2D eigenvalue weighted by molar-refractivity contribution is 0.287. The molecule has 0 saturated carbocycles. The van der Waals surface area contributed by atoms with E-state index in [9.17, 15) is 0 Å². The molecule has 0 unspecified atom stereocenters. The molecule has 0 atom stereocenters. The van der Waals surface area contributed by atoms with Gasteiger partial charge in [-0.1, -0.05) is 46.9 Å². The number of halogens is 3. The first kappa shape index (κ1) is 25.4. The van der Waals surface area contributed by atoms with Gasteiger partial charge < -0.3 is 20.1 Å². The molecule has 2 N–H and O–H groups in total. The second kappa shape index (κ2) is 12.3. The van der Waals surface area contributed by atoms with Crippen molar-refractivity contribution < 1.29 is 9.47 Å². The standard InChI is InChI=1S/C23H25Cl3N4O2S/c1-3-31-20-9-8-15(12-21(20)32-4-2)10-11-27-23(33)28-22-19(26)14-30(29-22)13-16-17(24)6-5-7-18(16)25/h5-9,12,14H,3-4,10-11,13H2,1-2H3,(H2,27,28,29,33). The largest absolute Gasteiger partial charge is 0.490 e. The molecule has 0 spiro atoms. The van der Waals surface area contributed by atoms with Gasteiger partial charge in [0.15, 0.2) is 22.4 Å². The minimum absolute atomic E-state index is 0.389. The van der Waals surface area contributed by atoms with E-state index in [4.69, 9.17) is 56.5 Å². The summed E-state index contributed by atoms with van der Waals surface area (Å²) in [6.07, 6.45) is 2.45. The van der Waals surface area contributed by atoms with Crippen molar-refractivity contribution in [2.75, 3.05) is 25.1 Å². The lowest BCUT2D eigenvalue weighted by atomic mass is 10.1. The fourth-order valence-corrected chi connectivity index (χ4v) is 4.04. The molecule has 0 aliphatic rings. The first-order chi connectivity index (χ1) is 15.9. The highest BCUT2D eigenvalue weighted by Gasteiger charge is 2.12. The summed E-state index contributed by atoms with van der Waals surface area (Å²) >= 11 is 24.2. The monoisotopic (exact) mass is 526 g/mol. The number of hydrogen-bond acceptors (Lipinski definition) is 4. The van der Waals surface area contributed by atoms with Crippen LogP contribution in [0.5, 0.6) is 11.5 Å². The number of anilines is 1. The van der Waals surface area contributed by atoms with Crippen LogP contribution in [0.2, 0.25) is 15.1 Å². The van der Waals surface area contributed by atoms with Crippen molar-refractivity contribution >= 4 is 58.0 Å². The van der Waals surface area contributed by atoms with E-state index in [1.165, 1.54) is 0 Å². The van der Waals surface area contributed by atoms with Gasteiger partial charge in [0.1, 0.15) is 5.02 Å². The zero-order valence-electron chi connectivity index (χ0n) is 18.3. The molecule has 0 saturated heterocycles. The van der Waals surface area contributed by atoms with Crippen molar-refractivity contribution in [3.8, 4) is 11.5 Å². The Bertz CT molecular complexity index is 1090. The van der Waals surface area contributed by atoms with Crippen molar-refractivity contribution in [2.45, 2.75) is 26.8 Å². The summed E-state index contributed by atoms with van der Waals surface area (Å²) in [5.41, 5.74) is 1.88. The quantitative estimate of drug-likeness (QED) is 0.305. The Balaban J connectivity index is 1.55. The lowest BCUT2D eigenvalue weighted by Gasteiger charge is -2.13. The van der Waals surface area contributed by atoms with E-state index in [2.05, 4.69) is 15.7 Å². The number of hydrogen-bond donors (Lipinski definition) is 2. The minimum atomic E-state index is 0.389. The summed E-state index contributed by atoms with van der Waals surface area (Å²) in [6, 6.07) is 11.3. The first-order valence-electron chi connectivity index (χ1n) is 10.5. The van der Waals surface area contributed by atoms with E-state index in [0.717, 1.165) is 29.0 Å². The molecule has 0 radical (unpaired) electrons. The molecule has 0 amide bonds. The van der Waals surface area contributed by atoms with Crippen LogP contribution in [-0.2, 0) is 13.0 Å². The van der Waals surface area contributed by atoms with Crippen molar-refractivity contribution in [2.24, 2.45) is 0 Å². The summed E-state index contributed by atoms with van der Waals surface area (Å²) in [5.74, 6) is 1.95. The molecule has 0 aliphatic carbocycles. The highest BCUT2D eigenvalue weighted by molar-refractivity contribution is 7.80. The Morgan fingerprint density at radius 2 is 1.70 bits per heavy atom. The van der Waals surface area contributed by atoms with Crippen molar-refractivity contribution in [1.82, 2.24) is 15.1 Å². The molecule has 2 aromatic carbocycles. The number of nitrogens with zero attached hydrogens (tertiary/aromatic N) is 2. The Kier molecular flexibility index (Phi) is 9.50. The third kappa shape index (κ3) is 7.14. The Hall–Kier alpha value is -2.19. The van der Waals surface area contributed by atoms with Crippen LogP contribution in [0.25, 0.3) is 0 Å². The Labute approximate surface area is 214 Å². The van der Waals surface area contributed by atoms with Gasteiger partial charge in [-0.15, -0.1) is 0 Å². The molecule has 1 aromatic heterocycles. The molecule has 0 bridgehead atoms. The van der Waals surface area contributed by atoms with Gasteiger partial charge in [-0.25, -0.2) is 0 Å². The first-order valence-corrected chi connectivity index (χ1v) is 12.0. The zero-order chi connectivity index (χ0) is 23.8. The maximum absolute atomic E-state index is 6.33. The Morgan fingerprint density at radius 3 is 2.39 bits per heavy atom. The molecule has 6 nitrogen and oxygen atoms in total. The third-order valence-electron chi connectivity index (χ3n) is 4.64. The van der Waals surface area contributed by atoms with Gasteiger partial charge in [-0.2, -0.15) is 5.10 Å². The highest BCUT2D eigenvalue weighted by atomic mass is 35.5. The summed E-state index contributed by atoms with van der Waals surface area (Å²) in [5, 5.41) is 12.7. The fraction of sp³-hybridized carbons (Fsp3) is 0.304. The van der Waals surface area contributed by atoms with Crippen LogP contribution >= 0.6 is 47.0 Å². The molecule has 33 heavy (non-hydrogen) atoms. The van der Waals surface area contributed by atoms with Crippen LogP contribution in [0, 0.1) is 0 Å². The number of ether oxygens (including phenoxy) is 2. The van der Waals surface area contributed by atoms with Crippen LogP contribution in [0.1, 0.15) is 25.0 Å². The van der Waals surface area contributed by atoms with E-state index in [1.54, 1.807) is 29.1 Å². The molecule has 176 valence electrons. The number of aromatic nitrogens is 2. The average molecular weight is 528 g/mol. The van der Waals surface area contributed by atoms with Crippen LogP contribution in [0.3, 0.4) is 0 Å². The molecular weight excluding hydrogens is 503 g/mol. The SMILES string of the molecule is CCOc1ccc(CCNC(=S)Nc2nn(Cc3c(Cl)cccc3Cl)cc2Cl)cc1OCC. The predicted molar refractivity (Wildman–Crippen MR) is 140 cm³/mol. The Morgan fingerprint density at radius 1 is 1.00 bits per heavy atom. The summed E-state index contributed by atoms with van der Waals surface area (Å²) in [7, 11) is 0.